The maximum atomic E-state index is 12.2. The first kappa shape index (κ1) is 21.2. The fourth-order valence-corrected chi connectivity index (χ4v) is 4.13. The molecule has 9 nitrogen and oxygen atoms in total. The molecule has 0 radical (unpaired) electrons. The maximum Gasteiger partial charge on any atom is 0.363 e. The highest BCUT2D eigenvalue weighted by Crippen LogP contribution is 2.29. The molecule has 0 aliphatic carbocycles. The number of pyridine rings is 1. The minimum absolute atomic E-state index is 0.0931. The molecule has 3 rings (SSSR count). The molecule has 1 aliphatic heterocycles. The number of nitrogens with zero attached hydrogens (tertiary/aromatic N) is 3. The highest BCUT2D eigenvalue weighted by Gasteiger charge is 2.33. The fraction of sp³-hybridized carbons (Fsp3) is 0.421. The highest BCUT2D eigenvalue weighted by molar-refractivity contribution is 7.86. The standard InChI is InChI=1S/C19H23N3O6S/c1-15-2-5-17(6-3-15)29(26,27)28-13-10-19(23)8-11-21(12-9-19)16-4-7-18(20-14-16)22(24)25/h2-7,14,23H,8-13H2,1H3. The van der Waals surface area contributed by atoms with E-state index in [1.54, 1.807) is 18.2 Å². The Morgan fingerprint density at radius 1 is 1.21 bits per heavy atom. The van der Waals surface area contributed by atoms with Crippen LogP contribution in [0.4, 0.5) is 11.5 Å². The molecule has 0 spiro atoms. The Morgan fingerprint density at radius 3 is 2.41 bits per heavy atom. The van der Waals surface area contributed by atoms with Gasteiger partial charge in [-0.05, 0) is 47.9 Å². The van der Waals surface area contributed by atoms with Gasteiger partial charge in [-0.15, -0.1) is 0 Å². The van der Waals surface area contributed by atoms with Gasteiger partial charge < -0.3 is 20.1 Å². The van der Waals surface area contributed by atoms with Crippen molar-refractivity contribution in [3.05, 3.63) is 58.3 Å². The molecule has 1 saturated heterocycles. The van der Waals surface area contributed by atoms with Crippen LogP contribution in [0.15, 0.2) is 47.5 Å². The minimum atomic E-state index is -3.85. The first-order valence-electron chi connectivity index (χ1n) is 9.22. The lowest BCUT2D eigenvalue weighted by Gasteiger charge is -2.38. The van der Waals surface area contributed by atoms with Crippen LogP contribution in [-0.2, 0) is 14.3 Å². The molecule has 156 valence electrons. The first-order valence-corrected chi connectivity index (χ1v) is 10.6. The summed E-state index contributed by atoms with van der Waals surface area (Å²) in [7, 11) is -3.85. The molecule has 2 heterocycles. The smallest absolute Gasteiger partial charge is 0.363 e. The van der Waals surface area contributed by atoms with Crippen molar-refractivity contribution in [2.75, 3.05) is 24.6 Å². The number of benzene rings is 1. The van der Waals surface area contributed by atoms with Gasteiger partial charge in [0.25, 0.3) is 10.1 Å². The second-order valence-corrected chi connectivity index (χ2v) is 8.80. The number of aryl methyl sites for hydroxylation is 1. The summed E-state index contributed by atoms with van der Waals surface area (Å²) in [4.78, 5) is 16.0. The molecule has 0 amide bonds. The largest absolute Gasteiger partial charge is 0.390 e. The van der Waals surface area contributed by atoms with E-state index in [1.165, 1.54) is 24.4 Å². The lowest BCUT2D eigenvalue weighted by molar-refractivity contribution is -0.389. The quantitative estimate of drug-likeness (QED) is 0.411. The molecule has 0 bridgehead atoms. The molecular weight excluding hydrogens is 398 g/mol. The topological polar surface area (TPSA) is 123 Å². The Morgan fingerprint density at radius 2 is 1.86 bits per heavy atom. The second kappa shape index (κ2) is 8.44. The number of aliphatic hydroxyl groups is 1. The molecule has 2 aromatic rings. The van der Waals surface area contributed by atoms with Crippen LogP contribution >= 0.6 is 0 Å². The van der Waals surface area contributed by atoms with E-state index in [1.807, 2.05) is 11.8 Å². The molecule has 29 heavy (non-hydrogen) atoms. The van der Waals surface area contributed by atoms with E-state index in [2.05, 4.69) is 4.98 Å². The molecule has 1 aromatic heterocycles. The van der Waals surface area contributed by atoms with Crippen molar-refractivity contribution in [2.24, 2.45) is 0 Å². The number of piperidine rings is 1. The van der Waals surface area contributed by atoms with E-state index in [0.29, 0.717) is 25.9 Å². The monoisotopic (exact) mass is 421 g/mol. The molecule has 0 unspecified atom stereocenters. The summed E-state index contributed by atoms with van der Waals surface area (Å²) in [6, 6.07) is 9.37. The van der Waals surface area contributed by atoms with Crippen LogP contribution in [0.1, 0.15) is 24.8 Å². The number of hydrogen-bond acceptors (Lipinski definition) is 8. The average Bonchev–Trinajstić information content (AvgIpc) is 2.69. The molecule has 1 aromatic carbocycles. The lowest BCUT2D eigenvalue weighted by atomic mass is 9.88. The van der Waals surface area contributed by atoms with Crippen molar-refractivity contribution in [1.82, 2.24) is 4.98 Å². The zero-order chi connectivity index (χ0) is 21.1. The Labute approximate surface area is 169 Å². The summed E-state index contributed by atoms with van der Waals surface area (Å²) >= 11 is 0. The zero-order valence-electron chi connectivity index (χ0n) is 16.0. The van der Waals surface area contributed by atoms with Crippen LogP contribution in [-0.4, -0.2) is 48.7 Å². The van der Waals surface area contributed by atoms with E-state index >= 15 is 0 Å². The SMILES string of the molecule is Cc1ccc(S(=O)(=O)OCCC2(O)CCN(c3ccc([N+](=O)[O-])nc3)CC2)cc1. The highest BCUT2D eigenvalue weighted by atomic mass is 32.2. The van der Waals surface area contributed by atoms with Gasteiger partial charge in [-0.25, -0.2) is 0 Å². The van der Waals surface area contributed by atoms with Crippen molar-refractivity contribution in [3.63, 3.8) is 0 Å². The maximum absolute atomic E-state index is 12.2. The van der Waals surface area contributed by atoms with Crippen molar-refractivity contribution in [2.45, 2.75) is 36.7 Å². The van der Waals surface area contributed by atoms with Gasteiger partial charge in [0.05, 0.1) is 22.8 Å². The van der Waals surface area contributed by atoms with E-state index in [0.717, 1.165) is 11.3 Å². The Hall–Kier alpha value is -2.56. The van der Waals surface area contributed by atoms with Gasteiger partial charge in [0.1, 0.15) is 0 Å². The van der Waals surface area contributed by atoms with Crippen molar-refractivity contribution in [1.29, 1.82) is 0 Å². The van der Waals surface area contributed by atoms with E-state index in [9.17, 15) is 23.6 Å². The zero-order valence-corrected chi connectivity index (χ0v) is 16.8. The number of aromatic nitrogens is 1. The van der Waals surface area contributed by atoms with Crippen LogP contribution < -0.4 is 4.90 Å². The van der Waals surface area contributed by atoms with Crippen LogP contribution in [0.3, 0.4) is 0 Å². The fourth-order valence-electron chi connectivity index (χ4n) is 3.22. The summed E-state index contributed by atoms with van der Waals surface area (Å²) < 4.78 is 29.6. The van der Waals surface area contributed by atoms with E-state index < -0.39 is 20.6 Å². The summed E-state index contributed by atoms with van der Waals surface area (Å²) in [5.41, 5.74) is 0.678. The molecule has 1 fully saturated rings. The van der Waals surface area contributed by atoms with Crippen LogP contribution in [0, 0.1) is 17.0 Å². The van der Waals surface area contributed by atoms with E-state index in [4.69, 9.17) is 4.18 Å². The van der Waals surface area contributed by atoms with Gasteiger partial charge in [0.15, 0.2) is 6.20 Å². The summed E-state index contributed by atoms with van der Waals surface area (Å²) in [6.45, 7) is 2.82. The van der Waals surface area contributed by atoms with Crippen molar-refractivity contribution < 1.29 is 22.6 Å². The van der Waals surface area contributed by atoms with Crippen molar-refractivity contribution >= 4 is 21.6 Å². The molecule has 10 heteroatoms. The van der Waals surface area contributed by atoms with Gasteiger partial charge in [-0.1, -0.05) is 17.7 Å². The Bertz CT molecular complexity index is 952. The van der Waals surface area contributed by atoms with Gasteiger partial charge in [-0.2, -0.15) is 8.42 Å². The minimum Gasteiger partial charge on any atom is -0.390 e. The third kappa shape index (κ3) is 5.28. The molecule has 1 aliphatic rings. The third-order valence-corrected chi connectivity index (χ3v) is 6.42. The van der Waals surface area contributed by atoms with Gasteiger partial charge in [0, 0.05) is 25.6 Å². The molecule has 0 saturated carbocycles. The number of anilines is 1. The van der Waals surface area contributed by atoms with Crippen LogP contribution in [0.2, 0.25) is 0 Å². The number of nitro groups is 1. The summed E-state index contributed by atoms with van der Waals surface area (Å²) in [6.07, 6.45) is 2.50. The molecular formula is C19H23N3O6S. The van der Waals surface area contributed by atoms with Crippen LogP contribution in [0.5, 0.6) is 0 Å². The average molecular weight is 421 g/mol. The Balaban J connectivity index is 1.51. The normalized spacial score (nSPS) is 16.6. The second-order valence-electron chi connectivity index (χ2n) is 7.18. The predicted octanol–water partition coefficient (Wildman–Crippen LogP) is 2.43. The van der Waals surface area contributed by atoms with Crippen molar-refractivity contribution in [3.8, 4) is 0 Å². The lowest BCUT2D eigenvalue weighted by Crippen LogP contribution is -2.45. The first-order chi connectivity index (χ1) is 13.7. The Kier molecular flexibility index (Phi) is 6.15. The number of rotatable bonds is 7. The van der Waals surface area contributed by atoms with Crippen LogP contribution in [0.25, 0.3) is 0 Å². The molecule has 0 atom stereocenters. The molecule has 1 N–H and O–H groups in total. The predicted molar refractivity (Wildman–Crippen MR) is 106 cm³/mol. The number of hydrogen-bond donors (Lipinski definition) is 1. The van der Waals surface area contributed by atoms with Gasteiger partial charge in [0.2, 0.25) is 0 Å². The van der Waals surface area contributed by atoms with Gasteiger partial charge in [-0.3, -0.25) is 4.18 Å². The summed E-state index contributed by atoms with van der Waals surface area (Å²) in [5.74, 6) is -0.214. The summed E-state index contributed by atoms with van der Waals surface area (Å²) in [5, 5.41) is 21.4. The van der Waals surface area contributed by atoms with Gasteiger partial charge >= 0.3 is 5.82 Å². The van der Waals surface area contributed by atoms with E-state index in [-0.39, 0.29) is 23.7 Å². The third-order valence-electron chi connectivity index (χ3n) is 5.09.